The molecule has 0 aliphatic carbocycles. The molecule has 0 saturated heterocycles. The molecule has 4 heterocycles. The van der Waals surface area contributed by atoms with Crippen molar-refractivity contribution in [3.63, 3.8) is 0 Å². The number of imidazole rings is 1. The second-order valence-electron chi connectivity index (χ2n) is 7.68. The number of halogens is 1. The molecule has 5 aromatic rings. The molecular weight excluding hydrogens is 440 g/mol. The molecule has 0 unspecified atom stereocenters. The SMILES string of the molecule is Cc1cc(Cc2cnc3nc(NCc4ccc(Oc5ncc(Cl)cn5)cc4)n(C)c3c2)n[nH]1. The average Bonchev–Trinajstić information content (AvgIpc) is 3.37. The maximum Gasteiger partial charge on any atom is 0.321 e. The summed E-state index contributed by atoms with van der Waals surface area (Å²) in [5, 5.41) is 11.1. The molecule has 0 aliphatic rings. The minimum absolute atomic E-state index is 0.249. The molecule has 4 aromatic heterocycles. The number of pyridine rings is 1. The molecule has 0 radical (unpaired) electrons. The number of fused-ring (bicyclic) bond motifs is 1. The van der Waals surface area contributed by atoms with Crippen LogP contribution in [0.15, 0.2) is 55.0 Å². The lowest BCUT2D eigenvalue weighted by Gasteiger charge is -2.08. The first kappa shape index (κ1) is 20.9. The Balaban J connectivity index is 1.25. The zero-order chi connectivity index (χ0) is 22.8. The van der Waals surface area contributed by atoms with Gasteiger partial charge in [0.1, 0.15) is 5.75 Å². The fourth-order valence-electron chi connectivity index (χ4n) is 3.45. The topological polar surface area (TPSA) is 106 Å². The van der Waals surface area contributed by atoms with Gasteiger partial charge in [-0.1, -0.05) is 23.7 Å². The highest BCUT2D eigenvalue weighted by Crippen LogP contribution is 2.21. The summed E-state index contributed by atoms with van der Waals surface area (Å²) in [6.45, 7) is 2.60. The third-order valence-corrected chi connectivity index (χ3v) is 5.31. The maximum atomic E-state index is 5.80. The smallest absolute Gasteiger partial charge is 0.321 e. The zero-order valence-electron chi connectivity index (χ0n) is 18.1. The van der Waals surface area contributed by atoms with E-state index in [-0.39, 0.29) is 6.01 Å². The Morgan fingerprint density at radius 3 is 2.55 bits per heavy atom. The molecule has 0 fully saturated rings. The molecule has 0 bridgehead atoms. The van der Waals surface area contributed by atoms with Gasteiger partial charge in [0.25, 0.3) is 0 Å². The third kappa shape index (κ3) is 4.78. The molecule has 1 aromatic carbocycles. The lowest BCUT2D eigenvalue weighted by molar-refractivity contribution is 0.441. The highest BCUT2D eigenvalue weighted by atomic mass is 35.5. The zero-order valence-corrected chi connectivity index (χ0v) is 18.8. The number of anilines is 1. The summed E-state index contributed by atoms with van der Waals surface area (Å²) >= 11 is 5.80. The van der Waals surface area contributed by atoms with E-state index in [1.165, 1.54) is 12.4 Å². The Labute approximate surface area is 194 Å². The molecule has 33 heavy (non-hydrogen) atoms. The highest BCUT2D eigenvalue weighted by Gasteiger charge is 2.11. The van der Waals surface area contributed by atoms with E-state index in [0.29, 0.717) is 23.0 Å². The molecule has 0 saturated carbocycles. The van der Waals surface area contributed by atoms with E-state index in [9.17, 15) is 0 Å². The van der Waals surface area contributed by atoms with Gasteiger partial charge in [-0.2, -0.15) is 10.1 Å². The number of ether oxygens (including phenoxy) is 1. The van der Waals surface area contributed by atoms with E-state index in [2.05, 4.69) is 41.5 Å². The normalized spacial score (nSPS) is 11.1. The number of nitrogens with one attached hydrogen (secondary N) is 2. The quantitative estimate of drug-likeness (QED) is 0.369. The van der Waals surface area contributed by atoms with Crippen molar-refractivity contribution in [1.29, 1.82) is 0 Å². The van der Waals surface area contributed by atoms with Gasteiger partial charge in [-0.15, -0.1) is 0 Å². The van der Waals surface area contributed by atoms with Crippen LogP contribution in [0.4, 0.5) is 5.95 Å². The Bertz CT molecular complexity index is 1390. The van der Waals surface area contributed by atoms with Crippen LogP contribution in [0.5, 0.6) is 11.8 Å². The molecular formula is C23H21ClN8O. The number of rotatable bonds is 7. The molecule has 5 rings (SSSR count). The molecule has 10 heteroatoms. The number of H-pyrrole nitrogens is 1. The first-order valence-corrected chi connectivity index (χ1v) is 10.7. The predicted octanol–water partition coefficient (Wildman–Crippen LogP) is 4.44. The molecule has 9 nitrogen and oxygen atoms in total. The van der Waals surface area contributed by atoms with Crippen LogP contribution < -0.4 is 10.1 Å². The lowest BCUT2D eigenvalue weighted by Crippen LogP contribution is -2.05. The summed E-state index contributed by atoms with van der Waals surface area (Å²) in [6.07, 6.45) is 5.56. The minimum atomic E-state index is 0.249. The standard InChI is InChI=1S/C23H21ClN8O/c1-14-7-18(31-30-14)8-16-9-20-21(25-11-16)29-22(32(20)2)26-10-15-3-5-19(6-4-15)33-23-27-12-17(24)13-28-23/h3-7,9,11-13H,8,10H2,1-2H3,(H,30,31)(H,25,26,29). The van der Waals surface area contributed by atoms with Crippen LogP contribution in [0.2, 0.25) is 5.02 Å². The van der Waals surface area contributed by atoms with Gasteiger partial charge in [0, 0.05) is 31.9 Å². The van der Waals surface area contributed by atoms with Gasteiger partial charge in [0.05, 0.1) is 28.6 Å². The first-order chi connectivity index (χ1) is 16.0. The number of nitrogens with zero attached hydrogens (tertiary/aromatic N) is 6. The third-order valence-electron chi connectivity index (χ3n) is 5.12. The van der Waals surface area contributed by atoms with E-state index in [4.69, 9.17) is 16.3 Å². The number of aryl methyl sites for hydroxylation is 2. The van der Waals surface area contributed by atoms with Crippen LogP contribution >= 0.6 is 11.6 Å². The van der Waals surface area contributed by atoms with Gasteiger partial charge in [0.2, 0.25) is 5.95 Å². The van der Waals surface area contributed by atoms with Crippen LogP contribution in [0.25, 0.3) is 11.2 Å². The molecule has 2 N–H and O–H groups in total. The van der Waals surface area contributed by atoms with Crippen molar-refractivity contribution in [2.75, 3.05) is 5.32 Å². The van der Waals surface area contributed by atoms with Gasteiger partial charge in [-0.25, -0.2) is 15.0 Å². The number of aromatic amines is 1. The fraction of sp³-hybridized carbons (Fsp3) is 0.174. The molecule has 0 spiro atoms. The Hall–Kier alpha value is -3.98. The molecule has 0 aliphatic heterocycles. The summed E-state index contributed by atoms with van der Waals surface area (Å²) in [7, 11) is 1.98. The van der Waals surface area contributed by atoms with Gasteiger partial charge in [-0.05, 0) is 42.3 Å². The fourth-order valence-corrected chi connectivity index (χ4v) is 3.55. The number of hydrogen-bond acceptors (Lipinski definition) is 7. The van der Waals surface area contributed by atoms with Crippen LogP contribution in [0.3, 0.4) is 0 Å². The van der Waals surface area contributed by atoms with Crippen molar-refractivity contribution in [3.8, 4) is 11.8 Å². The van der Waals surface area contributed by atoms with E-state index >= 15 is 0 Å². The van der Waals surface area contributed by atoms with Crippen molar-refractivity contribution in [2.24, 2.45) is 7.05 Å². The summed E-state index contributed by atoms with van der Waals surface area (Å²) in [4.78, 5) is 17.2. The molecule has 0 atom stereocenters. The summed E-state index contributed by atoms with van der Waals surface area (Å²) in [5.41, 5.74) is 5.87. The lowest BCUT2D eigenvalue weighted by atomic mass is 10.1. The van der Waals surface area contributed by atoms with Crippen LogP contribution in [0, 0.1) is 6.92 Å². The minimum Gasteiger partial charge on any atom is -0.424 e. The average molecular weight is 461 g/mol. The van der Waals surface area contributed by atoms with Gasteiger partial charge >= 0.3 is 6.01 Å². The van der Waals surface area contributed by atoms with Crippen molar-refractivity contribution in [2.45, 2.75) is 19.9 Å². The Morgan fingerprint density at radius 2 is 1.82 bits per heavy atom. The van der Waals surface area contributed by atoms with E-state index in [0.717, 1.165) is 40.4 Å². The van der Waals surface area contributed by atoms with Crippen molar-refractivity contribution >= 4 is 28.7 Å². The summed E-state index contributed by atoms with van der Waals surface area (Å²) in [5.74, 6) is 1.40. The van der Waals surface area contributed by atoms with Gasteiger partial charge in [0.15, 0.2) is 5.65 Å². The van der Waals surface area contributed by atoms with Gasteiger partial charge < -0.3 is 14.6 Å². The monoisotopic (exact) mass is 460 g/mol. The maximum absolute atomic E-state index is 5.80. The largest absolute Gasteiger partial charge is 0.424 e. The first-order valence-electron chi connectivity index (χ1n) is 10.3. The highest BCUT2D eigenvalue weighted by molar-refractivity contribution is 6.30. The predicted molar refractivity (Wildman–Crippen MR) is 126 cm³/mol. The summed E-state index contributed by atoms with van der Waals surface area (Å²) < 4.78 is 7.64. The Morgan fingerprint density at radius 1 is 1.03 bits per heavy atom. The van der Waals surface area contributed by atoms with E-state index in [1.54, 1.807) is 0 Å². The number of aromatic nitrogens is 7. The second kappa shape index (κ2) is 8.87. The number of hydrogen-bond donors (Lipinski definition) is 2. The van der Waals surface area contributed by atoms with Crippen molar-refractivity contribution < 1.29 is 4.74 Å². The summed E-state index contributed by atoms with van der Waals surface area (Å²) in [6, 6.07) is 12.1. The van der Waals surface area contributed by atoms with Crippen LogP contribution in [-0.4, -0.2) is 34.7 Å². The number of benzene rings is 1. The second-order valence-corrected chi connectivity index (χ2v) is 8.12. The van der Waals surface area contributed by atoms with Crippen molar-refractivity contribution in [3.05, 3.63) is 82.5 Å². The van der Waals surface area contributed by atoms with Crippen LogP contribution in [0.1, 0.15) is 22.5 Å². The van der Waals surface area contributed by atoms with E-state index in [1.807, 2.05) is 55.1 Å². The van der Waals surface area contributed by atoms with Crippen LogP contribution in [-0.2, 0) is 20.0 Å². The molecule has 0 amide bonds. The van der Waals surface area contributed by atoms with Gasteiger partial charge in [-0.3, -0.25) is 5.10 Å². The van der Waals surface area contributed by atoms with E-state index < -0.39 is 0 Å². The van der Waals surface area contributed by atoms with Crippen molar-refractivity contribution in [1.82, 2.24) is 34.7 Å². The Kier molecular flexibility index (Phi) is 5.62. The molecule has 166 valence electrons.